The van der Waals surface area contributed by atoms with Crippen molar-refractivity contribution in [3.63, 3.8) is 0 Å². The first kappa shape index (κ1) is 22.7. The van der Waals surface area contributed by atoms with Crippen molar-refractivity contribution in [3.05, 3.63) is 82.0 Å². The van der Waals surface area contributed by atoms with E-state index in [1.807, 2.05) is 48.7 Å². The summed E-state index contributed by atoms with van der Waals surface area (Å²) in [4.78, 5) is 43.1. The molecule has 0 bridgehead atoms. The van der Waals surface area contributed by atoms with Crippen molar-refractivity contribution in [2.75, 3.05) is 24.3 Å². The summed E-state index contributed by atoms with van der Waals surface area (Å²) >= 11 is 1.55. The van der Waals surface area contributed by atoms with Crippen LogP contribution in [0.5, 0.6) is 0 Å². The molecule has 1 aliphatic heterocycles. The number of carbonyl (C=O) groups is 3. The fourth-order valence-electron chi connectivity index (χ4n) is 4.19. The van der Waals surface area contributed by atoms with Gasteiger partial charge in [0, 0.05) is 42.3 Å². The zero-order valence-electron chi connectivity index (χ0n) is 18.9. The molecule has 2 unspecified atom stereocenters. The number of amides is 3. The second-order valence-corrected chi connectivity index (χ2v) is 9.45. The molecule has 6 nitrogen and oxygen atoms in total. The number of rotatable bonds is 5. The lowest BCUT2D eigenvalue weighted by molar-refractivity contribution is -0.125. The Bertz CT molecular complexity index is 1160. The van der Waals surface area contributed by atoms with E-state index in [0.29, 0.717) is 24.1 Å². The van der Waals surface area contributed by atoms with Crippen LogP contribution in [0.15, 0.2) is 66.0 Å². The lowest BCUT2D eigenvalue weighted by Crippen LogP contribution is -2.46. The molecule has 3 amide bonds. The van der Waals surface area contributed by atoms with Crippen LogP contribution in [0.3, 0.4) is 0 Å². The van der Waals surface area contributed by atoms with Crippen LogP contribution in [-0.2, 0) is 9.59 Å². The van der Waals surface area contributed by atoms with Gasteiger partial charge in [-0.2, -0.15) is 0 Å². The fourth-order valence-corrected chi connectivity index (χ4v) is 5.07. The number of hydrogen-bond donors (Lipinski definition) is 1. The summed E-state index contributed by atoms with van der Waals surface area (Å²) in [5, 5.41) is 4.96. The monoisotopic (exact) mass is 461 g/mol. The average molecular weight is 462 g/mol. The average Bonchev–Trinajstić information content (AvgIpc) is 3.34. The molecule has 7 heteroatoms. The normalized spacial score (nSPS) is 18.2. The van der Waals surface area contributed by atoms with Gasteiger partial charge in [0.15, 0.2) is 0 Å². The number of piperidine rings is 1. The summed E-state index contributed by atoms with van der Waals surface area (Å²) in [6.07, 6.45) is 0.763. The molecular formula is C26H27N3O3S. The number of thiophene rings is 1. The number of nitrogens with one attached hydrogen (secondary N) is 1. The molecule has 0 radical (unpaired) electrons. The summed E-state index contributed by atoms with van der Waals surface area (Å²) < 4.78 is 0. The van der Waals surface area contributed by atoms with Crippen molar-refractivity contribution < 1.29 is 14.4 Å². The zero-order chi connectivity index (χ0) is 23.5. The third kappa shape index (κ3) is 4.83. The first-order chi connectivity index (χ1) is 15.8. The first-order valence-corrected chi connectivity index (χ1v) is 11.8. The Morgan fingerprint density at radius 1 is 1.06 bits per heavy atom. The standard InChI is InChI=1S/C26H27N3O3S/c1-17-9-11-20(12-10-17)29-23(30)14-13-21(24(29)22-8-5-15-33-22)25(31)27-19-7-4-6-18(16-19)26(32)28(2)3/h4-12,15-16,21,24H,13-14H2,1-3H3,(H,27,31). The van der Waals surface area contributed by atoms with E-state index in [2.05, 4.69) is 5.32 Å². The van der Waals surface area contributed by atoms with Crippen molar-refractivity contribution in [3.8, 4) is 0 Å². The number of anilines is 2. The van der Waals surface area contributed by atoms with Crippen LogP contribution in [0.4, 0.5) is 11.4 Å². The number of nitrogens with zero attached hydrogens (tertiary/aromatic N) is 2. The Kier molecular flexibility index (Phi) is 6.60. The minimum absolute atomic E-state index is 0.0138. The van der Waals surface area contributed by atoms with Gasteiger partial charge in [-0.15, -0.1) is 11.3 Å². The number of benzene rings is 2. The minimum Gasteiger partial charge on any atom is -0.345 e. The second-order valence-electron chi connectivity index (χ2n) is 8.47. The van der Waals surface area contributed by atoms with Gasteiger partial charge in [-0.25, -0.2) is 0 Å². The number of aryl methyl sites for hydroxylation is 1. The highest BCUT2D eigenvalue weighted by Gasteiger charge is 2.42. The predicted molar refractivity (Wildman–Crippen MR) is 132 cm³/mol. The van der Waals surface area contributed by atoms with Crippen LogP contribution in [-0.4, -0.2) is 36.7 Å². The number of carbonyl (C=O) groups excluding carboxylic acids is 3. The molecule has 1 fully saturated rings. The third-order valence-electron chi connectivity index (χ3n) is 5.86. The van der Waals surface area contributed by atoms with E-state index in [9.17, 15) is 14.4 Å². The lowest BCUT2D eigenvalue weighted by atomic mass is 9.86. The van der Waals surface area contributed by atoms with Crippen molar-refractivity contribution in [1.29, 1.82) is 0 Å². The van der Waals surface area contributed by atoms with Crippen LogP contribution in [0.25, 0.3) is 0 Å². The minimum atomic E-state index is -0.421. The van der Waals surface area contributed by atoms with E-state index in [1.54, 1.807) is 54.6 Å². The molecule has 4 rings (SSSR count). The van der Waals surface area contributed by atoms with Gasteiger partial charge >= 0.3 is 0 Å². The topological polar surface area (TPSA) is 69.7 Å². The van der Waals surface area contributed by atoms with Crippen LogP contribution in [0.1, 0.15) is 39.7 Å². The van der Waals surface area contributed by atoms with Gasteiger partial charge in [-0.1, -0.05) is 29.8 Å². The Hall–Kier alpha value is -3.45. The second kappa shape index (κ2) is 9.58. The molecule has 33 heavy (non-hydrogen) atoms. The van der Waals surface area contributed by atoms with E-state index in [-0.39, 0.29) is 23.8 Å². The van der Waals surface area contributed by atoms with Crippen LogP contribution < -0.4 is 10.2 Å². The molecule has 0 saturated carbocycles. The van der Waals surface area contributed by atoms with Gasteiger partial charge in [0.2, 0.25) is 11.8 Å². The maximum Gasteiger partial charge on any atom is 0.253 e. The number of hydrogen-bond acceptors (Lipinski definition) is 4. The van der Waals surface area contributed by atoms with Crippen LogP contribution in [0.2, 0.25) is 0 Å². The maximum absolute atomic E-state index is 13.5. The van der Waals surface area contributed by atoms with Gasteiger partial charge in [-0.3, -0.25) is 14.4 Å². The van der Waals surface area contributed by atoms with Crippen molar-refractivity contribution in [2.24, 2.45) is 5.92 Å². The summed E-state index contributed by atoms with van der Waals surface area (Å²) in [6.45, 7) is 2.00. The Morgan fingerprint density at radius 3 is 2.48 bits per heavy atom. The highest BCUT2D eigenvalue weighted by molar-refractivity contribution is 7.10. The molecule has 1 N–H and O–H groups in total. The largest absolute Gasteiger partial charge is 0.345 e. The highest BCUT2D eigenvalue weighted by Crippen LogP contribution is 2.42. The van der Waals surface area contributed by atoms with Crippen LogP contribution >= 0.6 is 11.3 Å². The molecule has 0 aliphatic carbocycles. The van der Waals surface area contributed by atoms with Gasteiger partial charge in [0.05, 0.1) is 12.0 Å². The molecule has 2 atom stereocenters. The highest BCUT2D eigenvalue weighted by atomic mass is 32.1. The van der Waals surface area contributed by atoms with Crippen molar-refractivity contribution in [2.45, 2.75) is 25.8 Å². The molecule has 0 spiro atoms. The van der Waals surface area contributed by atoms with Gasteiger partial charge in [0.1, 0.15) is 0 Å². The van der Waals surface area contributed by atoms with Gasteiger partial charge in [-0.05, 0) is 55.1 Å². The molecular weight excluding hydrogens is 434 g/mol. The molecule has 2 heterocycles. The van der Waals surface area contributed by atoms with Crippen molar-refractivity contribution in [1.82, 2.24) is 4.90 Å². The Morgan fingerprint density at radius 2 is 1.82 bits per heavy atom. The molecule has 1 saturated heterocycles. The smallest absolute Gasteiger partial charge is 0.253 e. The van der Waals surface area contributed by atoms with E-state index >= 15 is 0 Å². The third-order valence-corrected chi connectivity index (χ3v) is 6.81. The molecule has 1 aromatic heterocycles. The molecule has 3 aromatic rings. The Balaban J connectivity index is 1.65. The summed E-state index contributed by atoms with van der Waals surface area (Å²) in [7, 11) is 3.38. The van der Waals surface area contributed by atoms with Crippen LogP contribution in [0, 0.1) is 12.8 Å². The molecule has 1 aliphatic rings. The molecule has 2 aromatic carbocycles. The fraction of sp³-hybridized carbons (Fsp3) is 0.269. The quantitative estimate of drug-likeness (QED) is 0.589. The van der Waals surface area contributed by atoms with Gasteiger partial charge in [0.25, 0.3) is 5.91 Å². The van der Waals surface area contributed by atoms with E-state index in [4.69, 9.17) is 0 Å². The maximum atomic E-state index is 13.5. The zero-order valence-corrected chi connectivity index (χ0v) is 19.8. The summed E-state index contributed by atoms with van der Waals surface area (Å²) in [5.41, 5.74) is 2.97. The molecule has 170 valence electrons. The van der Waals surface area contributed by atoms with Gasteiger partial charge < -0.3 is 15.1 Å². The van der Waals surface area contributed by atoms with E-state index in [0.717, 1.165) is 16.1 Å². The van der Waals surface area contributed by atoms with E-state index in [1.165, 1.54) is 4.90 Å². The Labute approximate surface area is 197 Å². The van der Waals surface area contributed by atoms with Crippen molar-refractivity contribution >= 4 is 40.4 Å². The first-order valence-electron chi connectivity index (χ1n) is 10.9. The van der Waals surface area contributed by atoms with E-state index < -0.39 is 5.92 Å². The SMILES string of the molecule is Cc1ccc(N2C(=O)CCC(C(=O)Nc3cccc(C(=O)N(C)C)c3)C2c2cccs2)cc1. The summed E-state index contributed by atoms with van der Waals surface area (Å²) in [6, 6.07) is 18.3. The summed E-state index contributed by atoms with van der Waals surface area (Å²) in [5.74, 6) is -0.695. The lowest BCUT2D eigenvalue weighted by Gasteiger charge is -2.40. The predicted octanol–water partition coefficient (Wildman–Crippen LogP) is 4.88.